The number of carbonyl (C=O) groups is 1. The number of hydrogen-bond acceptors (Lipinski definition) is 4. The van der Waals surface area contributed by atoms with E-state index in [9.17, 15) is 19.4 Å². The highest BCUT2D eigenvalue weighted by atomic mass is 19.1. The summed E-state index contributed by atoms with van der Waals surface area (Å²) in [6.45, 7) is 3.93. The second kappa shape index (κ2) is 4.89. The van der Waals surface area contributed by atoms with Crippen molar-refractivity contribution in [3.63, 3.8) is 0 Å². The molecule has 0 aromatic carbocycles. The van der Waals surface area contributed by atoms with Gasteiger partial charge in [-0.15, -0.1) is 0 Å². The molecule has 24 heavy (non-hydrogen) atoms. The van der Waals surface area contributed by atoms with E-state index in [0.29, 0.717) is 25.7 Å². The Kier molecular flexibility index (Phi) is 3.40. The van der Waals surface area contributed by atoms with Gasteiger partial charge in [-0.05, 0) is 60.8 Å². The fourth-order valence-electron chi connectivity index (χ4n) is 6.73. The lowest BCUT2D eigenvalue weighted by molar-refractivity contribution is -0.197. The van der Waals surface area contributed by atoms with Crippen LogP contribution in [0.15, 0.2) is 12.2 Å². The molecule has 4 N–H and O–H groups in total. The average molecular weight is 337 g/mol. The highest BCUT2D eigenvalue weighted by Crippen LogP contribution is 2.67. The fraction of sp³-hybridized carbons (Fsp3) is 0.842. The van der Waals surface area contributed by atoms with E-state index in [1.165, 1.54) is 0 Å². The minimum Gasteiger partial charge on any atom is -0.393 e. The molecule has 0 bridgehead atoms. The van der Waals surface area contributed by atoms with Crippen LogP contribution in [0.3, 0.4) is 0 Å². The number of ketones is 1. The van der Waals surface area contributed by atoms with Crippen LogP contribution in [0.2, 0.25) is 0 Å². The van der Waals surface area contributed by atoms with Crippen LogP contribution < -0.4 is 5.73 Å². The van der Waals surface area contributed by atoms with Crippen molar-refractivity contribution >= 4 is 5.78 Å². The smallest absolute Gasteiger partial charge is 0.164 e. The molecule has 3 saturated carbocycles. The third kappa shape index (κ3) is 1.92. The van der Waals surface area contributed by atoms with Gasteiger partial charge in [0.1, 0.15) is 0 Å². The molecule has 4 aliphatic carbocycles. The first-order valence-corrected chi connectivity index (χ1v) is 9.16. The van der Waals surface area contributed by atoms with E-state index in [1.54, 1.807) is 6.08 Å². The number of alkyl halides is 1. The monoisotopic (exact) mass is 337 g/mol. The van der Waals surface area contributed by atoms with E-state index in [-0.39, 0.29) is 41.3 Å². The Labute approximate surface area is 142 Å². The quantitative estimate of drug-likeness (QED) is 0.590. The number of rotatable bonds is 0. The maximum Gasteiger partial charge on any atom is 0.164 e. The number of aliphatic hydroxyl groups excluding tert-OH is 2. The first-order chi connectivity index (χ1) is 11.1. The summed E-state index contributed by atoms with van der Waals surface area (Å²) < 4.78 is 15.0. The summed E-state index contributed by atoms with van der Waals surface area (Å²) >= 11 is 0. The lowest BCUT2D eigenvalue weighted by Crippen LogP contribution is -2.64. The van der Waals surface area contributed by atoms with E-state index in [0.717, 1.165) is 0 Å². The van der Waals surface area contributed by atoms with Crippen molar-refractivity contribution in [1.29, 1.82) is 0 Å². The first kappa shape index (κ1) is 16.7. The number of hydrogen-bond donors (Lipinski definition) is 3. The lowest BCUT2D eigenvalue weighted by atomic mass is 9.44. The Bertz CT molecular complexity index is 605. The van der Waals surface area contributed by atoms with Crippen LogP contribution in [-0.2, 0) is 4.79 Å². The van der Waals surface area contributed by atoms with Gasteiger partial charge >= 0.3 is 0 Å². The van der Waals surface area contributed by atoms with Gasteiger partial charge in [-0.25, -0.2) is 4.39 Å². The molecule has 0 saturated heterocycles. The van der Waals surface area contributed by atoms with Crippen molar-refractivity contribution in [3.05, 3.63) is 12.2 Å². The number of allylic oxidation sites excluding steroid dienone is 2. The van der Waals surface area contributed by atoms with E-state index in [4.69, 9.17) is 5.73 Å². The molecular weight excluding hydrogens is 309 g/mol. The van der Waals surface area contributed by atoms with Gasteiger partial charge in [-0.3, -0.25) is 10.5 Å². The van der Waals surface area contributed by atoms with Crippen molar-refractivity contribution in [1.82, 2.24) is 0 Å². The van der Waals surface area contributed by atoms with Crippen LogP contribution in [0.25, 0.3) is 0 Å². The molecule has 4 rings (SSSR count). The van der Waals surface area contributed by atoms with E-state index in [1.807, 2.05) is 13.0 Å². The van der Waals surface area contributed by atoms with Gasteiger partial charge < -0.3 is 10.2 Å². The molecule has 0 spiro atoms. The molecular formula is C19H28FNO3. The van der Waals surface area contributed by atoms with E-state index in [2.05, 4.69) is 6.92 Å². The minimum atomic E-state index is -1.79. The number of fused-ring (bicyclic) bond motifs is 5. The average Bonchev–Trinajstić information content (AvgIpc) is 2.71. The normalized spacial score (nSPS) is 59.7. The SMILES string of the molecule is C[C@]12C=CC(=O)CC1CC(O)[C@@H]1[C@H]2C(O)C[C@@]2(C)[C@H]1CCC2(N)F. The number of nitrogens with two attached hydrogens (primary N) is 1. The van der Waals surface area contributed by atoms with Gasteiger partial charge in [0.15, 0.2) is 11.6 Å². The van der Waals surface area contributed by atoms with Crippen LogP contribution in [-0.4, -0.2) is 34.0 Å². The number of aliphatic hydroxyl groups is 2. The van der Waals surface area contributed by atoms with E-state index < -0.39 is 23.4 Å². The van der Waals surface area contributed by atoms with Gasteiger partial charge in [0.25, 0.3) is 0 Å². The van der Waals surface area contributed by atoms with Crippen LogP contribution in [0.4, 0.5) is 4.39 Å². The van der Waals surface area contributed by atoms with Crippen LogP contribution in [0, 0.1) is 34.5 Å². The number of halogens is 1. The third-order valence-corrected chi connectivity index (χ3v) is 8.16. The molecule has 4 unspecified atom stereocenters. The first-order valence-electron chi connectivity index (χ1n) is 9.16. The Morgan fingerprint density at radius 3 is 2.71 bits per heavy atom. The molecule has 0 heterocycles. The van der Waals surface area contributed by atoms with Gasteiger partial charge in [0, 0.05) is 11.8 Å². The Morgan fingerprint density at radius 2 is 2.00 bits per heavy atom. The molecule has 3 fully saturated rings. The zero-order valence-corrected chi connectivity index (χ0v) is 14.4. The highest BCUT2D eigenvalue weighted by Gasteiger charge is 2.68. The zero-order chi connectivity index (χ0) is 17.5. The molecule has 4 nitrogen and oxygen atoms in total. The Hall–Kier alpha value is -0.780. The maximum absolute atomic E-state index is 15.0. The van der Waals surface area contributed by atoms with Crippen molar-refractivity contribution in [2.24, 2.45) is 40.2 Å². The molecule has 5 heteroatoms. The van der Waals surface area contributed by atoms with E-state index >= 15 is 0 Å². The summed E-state index contributed by atoms with van der Waals surface area (Å²) in [5.41, 5.74) is 4.84. The molecule has 0 aromatic rings. The van der Waals surface area contributed by atoms with Crippen LogP contribution in [0.1, 0.15) is 46.0 Å². The molecule has 4 aliphatic rings. The van der Waals surface area contributed by atoms with Gasteiger partial charge in [0.2, 0.25) is 0 Å². The van der Waals surface area contributed by atoms with Gasteiger partial charge in [0.05, 0.1) is 12.2 Å². The zero-order valence-electron chi connectivity index (χ0n) is 14.4. The van der Waals surface area contributed by atoms with Crippen LogP contribution >= 0.6 is 0 Å². The van der Waals surface area contributed by atoms with Gasteiger partial charge in [-0.1, -0.05) is 19.9 Å². The molecule has 134 valence electrons. The van der Waals surface area contributed by atoms with Crippen molar-refractivity contribution in [2.75, 3.05) is 0 Å². The summed E-state index contributed by atoms with van der Waals surface area (Å²) in [6.07, 6.45) is 4.46. The topological polar surface area (TPSA) is 83.5 Å². The minimum absolute atomic E-state index is 0.0281. The Balaban J connectivity index is 1.79. The van der Waals surface area contributed by atoms with Crippen molar-refractivity contribution in [2.45, 2.75) is 64.0 Å². The predicted molar refractivity (Wildman–Crippen MR) is 87.4 cm³/mol. The lowest BCUT2D eigenvalue weighted by Gasteiger charge is -2.61. The molecule has 9 atom stereocenters. The highest BCUT2D eigenvalue weighted by molar-refractivity contribution is 5.91. The number of carbonyl (C=O) groups excluding carboxylic acids is 1. The summed E-state index contributed by atoms with van der Waals surface area (Å²) in [5.74, 6) is -2.01. The largest absolute Gasteiger partial charge is 0.393 e. The second-order valence-corrected chi connectivity index (χ2v) is 9.17. The Morgan fingerprint density at radius 1 is 1.29 bits per heavy atom. The maximum atomic E-state index is 15.0. The summed E-state index contributed by atoms with van der Waals surface area (Å²) in [6, 6.07) is 0. The molecule has 0 amide bonds. The molecule has 0 aliphatic heterocycles. The van der Waals surface area contributed by atoms with Gasteiger partial charge in [-0.2, -0.15) is 0 Å². The molecule has 0 aromatic heterocycles. The molecule has 0 radical (unpaired) electrons. The van der Waals surface area contributed by atoms with Crippen molar-refractivity contribution < 1.29 is 19.4 Å². The third-order valence-electron chi connectivity index (χ3n) is 8.16. The fourth-order valence-corrected chi connectivity index (χ4v) is 6.73. The summed E-state index contributed by atoms with van der Waals surface area (Å²) in [7, 11) is 0. The summed E-state index contributed by atoms with van der Waals surface area (Å²) in [4.78, 5) is 11.8. The summed E-state index contributed by atoms with van der Waals surface area (Å²) in [5, 5.41) is 21.9. The standard InChI is InChI=1S/C19H28FNO3/c1-17-5-3-11(22)7-10(17)8-13(23)15-12-4-6-19(20,21)18(12,2)9-14(24)16(15)17/h3,5,10,12-16,23-24H,4,6-9,21H2,1-2H3/t10?,12-,13?,14?,15+,16+,17-,18-,19?/m0/s1. The van der Waals surface area contributed by atoms with Crippen molar-refractivity contribution in [3.8, 4) is 0 Å². The second-order valence-electron chi connectivity index (χ2n) is 9.17. The predicted octanol–water partition coefficient (Wildman–Crippen LogP) is 1.94. The van der Waals surface area contributed by atoms with Crippen LogP contribution in [0.5, 0.6) is 0 Å².